The lowest BCUT2D eigenvalue weighted by Crippen LogP contribution is -2.49. The van der Waals surface area contributed by atoms with Crippen LogP contribution in [0, 0.1) is 0 Å². The average molecular weight is 490 g/mol. The van der Waals surface area contributed by atoms with E-state index in [1.165, 1.54) is 0 Å². The molecular weight excluding hydrogens is 458 g/mol. The van der Waals surface area contributed by atoms with Crippen molar-refractivity contribution < 1.29 is 23.9 Å². The molecule has 3 aromatic rings. The van der Waals surface area contributed by atoms with Crippen molar-refractivity contribution in [2.24, 2.45) is 0 Å². The summed E-state index contributed by atoms with van der Waals surface area (Å²) in [7, 11) is 3.94. The van der Waals surface area contributed by atoms with Crippen LogP contribution in [-0.4, -0.2) is 56.1 Å². The van der Waals surface area contributed by atoms with Crippen LogP contribution in [0.3, 0.4) is 0 Å². The van der Waals surface area contributed by atoms with Crippen molar-refractivity contribution in [2.45, 2.75) is 19.1 Å². The highest BCUT2D eigenvalue weighted by Crippen LogP contribution is 2.14. The van der Waals surface area contributed by atoms with Crippen molar-refractivity contribution in [3.8, 4) is 5.75 Å². The van der Waals surface area contributed by atoms with Gasteiger partial charge < -0.3 is 19.7 Å². The number of nitrogens with zero attached hydrogens (tertiary/aromatic N) is 1. The fourth-order valence-corrected chi connectivity index (χ4v) is 3.28. The zero-order valence-electron chi connectivity index (χ0n) is 20.5. The highest BCUT2D eigenvalue weighted by Gasteiger charge is 2.24. The molecule has 1 atom stereocenters. The van der Waals surface area contributed by atoms with Gasteiger partial charge in [0.05, 0.1) is 0 Å². The van der Waals surface area contributed by atoms with Gasteiger partial charge in [0.2, 0.25) is 5.91 Å². The Hall–Kier alpha value is -4.17. The number of carbonyl (C=O) groups is 3. The molecule has 2 N–H and O–H groups in total. The van der Waals surface area contributed by atoms with E-state index < -0.39 is 23.9 Å². The van der Waals surface area contributed by atoms with Crippen LogP contribution in [0.2, 0.25) is 0 Å². The van der Waals surface area contributed by atoms with Crippen molar-refractivity contribution >= 4 is 17.9 Å². The Balaban J connectivity index is 1.65. The summed E-state index contributed by atoms with van der Waals surface area (Å²) in [6.07, 6.45) is -0.596. The van der Waals surface area contributed by atoms with Gasteiger partial charge in [-0.25, -0.2) is 4.79 Å². The van der Waals surface area contributed by atoms with Crippen LogP contribution in [0.5, 0.6) is 5.75 Å². The normalized spacial score (nSPS) is 11.4. The molecule has 8 heteroatoms. The number of nitrogens with one attached hydrogen (secondary N) is 2. The molecule has 0 aliphatic carbocycles. The third-order valence-corrected chi connectivity index (χ3v) is 5.26. The van der Waals surface area contributed by atoms with E-state index in [4.69, 9.17) is 9.47 Å². The molecule has 188 valence electrons. The van der Waals surface area contributed by atoms with Gasteiger partial charge in [-0.15, -0.1) is 0 Å². The van der Waals surface area contributed by atoms with E-state index in [0.717, 1.165) is 17.7 Å². The van der Waals surface area contributed by atoms with E-state index in [-0.39, 0.29) is 13.0 Å². The van der Waals surface area contributed by atoms with Crippen LogP contribution in [0.4, 0.5) is 4.79 Å². The summed E-state index contributed by atoms with van der Waals surface area (Å²) in [4.78, 5) is 40.0. The summed E-state index contributed by atoms with van der Waals surface area (Å²) >= 11 is 0. The number of ether oxygens (including phenoxy) is 2. The number of hydrogen-bond donors (Lipinski definition) is 2. The van der Waals surface area contributed by atoms with Gasteiger partial charge in [0.1, 0.15) is 25.0 Å². The van der Waals surface area contributed by atoms with Crippen molar-refractivity contribution in [1.29, 1.82) is 0 Å². The molecule has 0 radical (unpaired) electrons. The predicted octanol–water partition coefficient (Wildman–Crippen LogP) is 3.42. The van der Waals surface area contributed by atoms with E-state index in [0.29, 0.717) is 17.9 Å². The quantitative estimate of drug-likeness (QED) is 0.429. The van der Waals surface area contributed by atoms with Crippen LogP contribution in [0.1, 0.15) is 21.5 Å². The molecule has 0 bridgehead atoms. The topological polar surface area (TPSA) is 97.0 Å². The zero-order chi connectivity index (χ0) is 25.8. The molecule has 0 aromatic heterocycles. The van der Waals surface area contributed by atoms with Gasteiger partial charge in [-0.05, 0) is 49.5 Å². The minimum atomic E-state index is -1.03. The minimum absolute atomic E-state index is 0.0585. The summed E-state index contributed by atoms with van der Waals surface area (Å²) in [5.41, 5.74) is 1.94. The van der Waals surface area contributed by atoms with Crippen LogP contribution in [0.25, 0.3) is 0 Å². The Morgan fingerprint density at radius 3 is 2.11 bits per heavy atom. The number of likely N-dealkylation sites (N-methyl/N-ethyl adjacent to an activating group) is 1. The van der Waals surface area contributed by atoms with E-state index in [1.54, 1.807) is 30.3 Å². The van der Waals surface area contributed by atoms with Crippen LogP contribution in [-0.2, 0) is 22.6 Å². The van der Waals surface area contributed by atoms with E-state index in [9.17, 15) is 14.4 Å². The SMILES string of the molecule is CN(C)CCOc1ccc(C[C@H](NC(=O)OCc2ccccc2)C(=O)NC(=O)c2ccccc2)cc1. The maximum absolute atomic E-state index is 13.0. The molecule has 0 aliphatic heterocycles. The first-order valence-electron chi connectivity index (χ1n) is 11.6. The van der Waals surface area contributed by atoms with Gasteiger partial charge in [0.25, 0.3) is 5.91 Å². The lowest BCUT2D eigenvalue weighted by Gasteiger charge is -2.18. The Labute approximate surface area is 211 Å². The molecule has 3 amide bonds. The van der Waals surface area contributed by atoms with Gasteiger partial charge in [0, 0.05) is 18.5 Å². The van der Waals surface area contributed by atoms with E-state index in [2.05, 4.69) is 10.6 Å². The Bertz CT molecular complexity index is 1120. The van der Waals surface area contributed by atoms with E-state index in [1.807, 2.05) is 73.6 Å². The molecule has 0 heterocycles. The monoisotopic (exact) mass is 489 g/mol. The molecule has 0 saturated heterocycles. The maximum Gasteiger partial charge on any atom is 0.408 e. The summed E-state index contributed by atoms with van der Waals surface area (Å²) in [5, 5.41) is 4.96. The molecule has 3 rings (SSSR count). The third-order valence-electron chi connectivity index (χ3n) is 5.26. The maximum atomic E-state index is 13.0. The number of rotatable bonds is 11. The second kappa shape index (κ2) is 13.7. The summed E-state index contributed by atoms with van der Waals surface area (Å²) in [6, 6.07) is 23.8. The molecule has 0 unspecified atom stereocenters. The van der Waals surface area contributed by atoms with Crippen LogP contribution in [0.15, 0.2) is 84.9 Å². The lowest BCUT2D eigenvalue weighted by molar-refractivity contribution is -0.122. The summed E-state index contributed by atoms with van der Waals surface area (Å²) in [5.74, 6) is -0.474. The Morgan fingerprint density at radius 1 is 0.833 bits per heavy atom. The largest absolute Gasteiger partial charge is 0.492 e. The van der Waals surface area contributed by atoms with Gasteiger partial charge in [-0.3, -0.25) is 14.9 Å². The number of hydrogen-bond acceptors (Lipinski definition) is 6. The molecule has 8 nitrogen and oxygen atoms in total. The Kier molecular flexibility index (Phi) is 10.0. The Morgan fingerprint density at radius 2 is 1.47 bits per heavy atom. The molecule has 3 aromatic carbocycles. The van der Waals surface area contributed by atoms with Crippen molar-refractivity contribution in [1.82, 2.24) is 15.5 Å². The number of amides is 3. The van der Waals surface area contributed by atoms with Crippen molar-refractivity contribution in [3.63, 3.8) is 0 Å². The number of carbonyl (C=O) groups excluding carboxylic acids is 3. The number of imide groups is 1. The van der Waals surface area contributed by atoms with Crippen LogP contribution < -0.4 is 15.4 Å². The standard InChI is InChI=1S/C28H31N3O5/c1-31(2)17-18-35-24-15-13-21(14-16-24)19-25(27(33)30-26(32)23-11-7-4-8-12-23)29-28(34)36-20-22-9-5-3-6-10-22/h3-16,25H,17-20H2,1-2H3,(H,29,34)(H,30,32,33)/t25-/m0/s1. The van der Waals surface area contributed by atoms with Gasteiger partial charge in [-0.2, -0.15) is 0 Å². The third kappa shape index (κ3) is 8.88. The predicted molar refractivity (Wildman–Crippen MR) is 137 cm³/mol. The van der Waals surface area contributed by atoms with Crippen molar-refractivity contribution in [2.75, 3.05) is 27.2 Å². The molecule has 0 aliphatic rings. The first kappa shape index (κ1) is 26.4. The molecule has 0 spiro atoms. The summed E-state index contributed by atoms with van der Waals surface area (Å²) < 4.78 is 11.0. The van der Waals surface area contributed by atoms with Crippen molar-refractivity contribution in [3.05, 3.63) is 102 Å². The fraction of sp³-hybridized carbons (Fsp3) is 0.250. The molecule has 0 fully saturated rings. The van der Waals surface area contributed by atoms with Crippen LogP contribution >= 0.6 is 0 Å². The number of alkyl carbamates (subject to hydrolysis) is 1. The second-order valence-corrected chi connectivity index (χ2v) is 8.44. The highest BCUT2D eigenvalue weighted by molar-refractivity contribution is 6.06. The van der Waals surface area contributed by atoms with Gasteiger partial charge in [0.15, 0.2) is 0 Å². The zero-order valence-corrected chi connectivity index (χ0v) is 20.5. The minimum Gasteiger partial charge on any atom is -0.492 e. The number of benzene rings is 3. The molecular formula is C28H31N3O5. The molecule has 0 saturated carbocycles. The first-order chi connectivity index (χ1) is 17.4. The second-order valence-electron chi connectivity index (χ2n) is 8.44. The smallest absolute Gasteiger partial charge is 0.408 e. The lowest BCUT2D eigenvalue weighted by atomic mass is 10.0. The average Bonchev–Trinajstić information content (AvgIpc) is 2.89. The first-order valence-corrected chi connectivity index (χ1v) is 11.6. The van der Waals surface area contributed by atoms with Gasteiger partial charge in [-0.1, -0.05) is 60.7 Å². The highest BCUT2D eigenvalue weighted by atomic mass is 16.5. The van der Waals surface area contributed by atoms with Gasteiger partial charge >= 0.3 is 6.09 Å². The summed E-state index contributed by atoms with van der Waals surface area (Å²) in [6.45, 7) is 1.39. The van der Waals surface area contributed by atoms with E-state index >= 15 is 0 Å². The molecule has 36 heavy (non-hydrogen) atoms. The fourth-order valence-electron chi connectivity index (χ4n) is 3.28.